The summed E-state index contributed by atoms with van der Waals surface area (Å²) in [6.07, 6.45) is 9.36. The Morgan fingerprint density at radius 2 is 1.94 bits per heavy atom. The van der Waals surface area contributed by atoms with E-state index in [2.05, 4.69) is 20.5 Å². The van der Waals surface area contributed by atoms with Crippen molar-refractivity contribution in [1.82, 2.24) is 25.3 Å². The van der Waals surface area contributed by atoms with Crippen LogP contribution in [0.1, 0.15) is 52.4 Å². The lowest BCUT2D eigenvalue weighted by atomic mass is 10.2. The number of nitriles is 1. The third-order valence-corrected chi connectivity index (χ3v) is 5.31. The number of H-pyrrole nitrogens is 1. The summed E-state index contributed by atoms with van der Waals surface area (Å²) in [6, 6.07) is 5.46. The number of guanidine groups is 1. The van der Waals surface area contributed by atoms with Gasteiger partial charge in [0.25, 0.3) is 0 Å². The largest absolute Gasteiger partial charge is 0.369 e. The number of nitrogens with two attached hydrogens (primary N) is 1. The first-order valence-electron chi connectivity index (χ1n) is 11.5. The van der Waals surface area contributed by atoms with E-state index in [1.165, 1.54) is 0 Å². The number of hydrogen-bond donors (Lipinski definition) is 3. The maximum Gasteiger partial charge on any atom is 0.242 e. The molecule has 0 bridgehead atoms. The van der Waals surface area contributed by atoms with Gasteiger partial charge in [0.1, 0.15) is 0 Å². The summed E-state index contributed by atoms with van der Waals surface area (Å²) >= 11 is 0. The molecule has 2 fully saturated rings. The van der Waals surface area contributed by atoms with Crippen LogP contribution in [0.25, 0.3) is 10.9 Å². The van der Waals surface area contributed by atoms with E-state index < -0.39 is 0 Å². The summed E-state index contributed by atoms with van der Waals surface area (Å²) in [5, 5.41) is 18.2. The Balaban J connectivity index is 0.000000218. The number of nitrogens with one attached hydrogen (secondary N) is 2. The third kappa shape index (κ3) is 8.11. The van der Waals surface area contributed by atoms with Gasteiger partial charge in [-0.25, -0.2) is 4.99 Å². The second-order valence-corrected chi connectivity index (χ2v) is 7.59. The monoisotopic (exact) mass is 454 g/mol. The number of fused-ring (bicyclic) bond motifs is 1. The van der Waals surface area contributed by atoms with E-state index in [9.17, 15) is 9.59 Å². The first-order chi connectivity index (χ1) is 16.1. The van der Waals surface area contributed by atoms with Gasteiger partial charge in [-0.15, -0.1) is 0 Å². The van der Waals surface area contributed by atoms with Crippen LogP contribution >= 0.6 is 0 Å². The van der Waals surface area contributed by atoms with Crippen molar-refractivity contribution in [3.63, 3.8) is 0 Å². The lowest BCUT2D eigenvalue weighted by Crippen LogP contribution is -2.41. The number of nitrogens with zero attached hydrogens (tertiary/aromatic N) is 5. The first kappa shape index (κ1) is 25.6. The molecule has 0 unspecified atom stereocenters. The van der Waals surface area contributed by atoms with Gasteiger partial charge in [-0.05, 0) is 43.9 Å². The summed E-state index contributed by atoms with van der Waals surface area (Å²) in [4.78, 5) is 31.3. The predicted octanol–water partition coefficient (Wildman–Crippen LogP) is 2.62. The number of benzene rings is 1. The van der Waals surface area contributed by atoms with E-state index >= 15 is 0 Å². The van der Waals surface area contributed by atoms with Crippen molar-refractivity contribution in [2.75, 3.05) is 26.2 Å². The second-order valence-electron chi connectivity index (χ2n) is 7.59. The maximum atomic E-state index is 11.9. The van der Waals surface area contributed by atoms with Crippen LogP contribution < -0.4 is 11.1 Å². The summed E-state index contributed by atoms with van der Waals surface area (Å²) in [6.45, 7) is 6.82. The number of amides is 2. The van der Waals surface area contributed by atoms with Gasteiger partial charge in [0.2, 0.25) is 17.8 Å². The van der Waals surface area contributed by atoms with Gasteiger partial charge in [0.15, 0.2) is 6.19 Å². The Kier molecular flexibility index (Phi) is 10.7. The lowest BCUT2D eigenvalue weighted by Gasteiger charge is -2.23. The van der Waals surface area contributed by atoms with E-state index in [0.717, 1.165) is 62.6 Å². The van der Waals surface area contributed by atoms with Crippen LogP contribution in [0.15, 0.2) is 29.4 Å². The molecule has 1 aromatic carbocycles. The van der Waals surface area contributed by atoms with E-state index in [4.69, 9.17) is 11.0 Å². The SMILES string of the molecule is CC.N#CNC(N)=Nc1ccc2[nH]ncc2c1.O=C(CN1CCCCCC1=O)N1CCCC1. The molecule has 4 rings (SSSR count). The molecule has 10 nitrogen and oxygen atoms in total. The zero-order valence-electron chi connectivity index (χ0n) is 19.5. The number of carbonyl (C=O) groups is 2. The van der Waals surface area contributed by atoms with Crippen molar-refractivity contribution < 1.29 is 9.59 Å². The summed E-state index contributed by atoms with van der Waals surface area (Å²) < 4.78 is 0. The Morgan fingerprint density at radius 1 is 1.21 bits per heavy atom. The van der Waals surface area contributed by atoms with Crippen LogP contribution in [0.2, 0.25) is 0 Å². The van der Waals surface area contributed by atoms with Crippen LogP contribution in [0.5, 0.6) is 0 Å². The van der Waals surface area contributed by atoms with Crippen LogP contribution in [-0.2, 0) is 9.59 Å². The molecule has 33 heavy (non-hydrogen) atoms. The van der Waals surface area contributed by atoms with E-state index in [-0.39, 0.29) is 17.8 Å². The Labute approximate surface area is 194 Å². The molecule has 0 spiro atoms. The minimum absolute atomic E-state index is 0.0698. The highest BCUT2D eigenvalue weighted by molar-refractivity contribution is 5.86. The smallest absolute Gasteiger partial charge is 0.242 e. The second kappa shape index (κ2) is 13.7. The molecule has 0 radical (unpaired) electrons. The topological polar surface area (TPSA) is 144 Å². The van der Waals surface area contributed by atoms with Crippen molar-refractivity contribution in [3.05, 3.63) is 24.4 Å². The van der Waals surface area contributed by atoms with Crippen LogP contribution in [0.3, 0.4) is 0 Å². The fourth-order valence-electron chi connectivity index (χ4n) is 3.66. The summed E-state index contributed by atoms with van der Waals surface area (Å²) in [7, 11) is 0. The zero-order chi connectivity index (χ0) is 24.1. The quantitative estimate of drug-likeness (QED) is 0.281. The molecule has 1 aromatic heterocycles. The molecule has 178 valence electrons. The number of aromatic nitrogens is 2. The molecule has 0 aliphatic carbocycles. The molecule has 4 N–H and O–H groups in total. The van der Waals surface area contributed by atoms with Gasteiger partial charge >= 0.3 is 0 Å². The molecule has 0 saturated carbocycles. The Bertz CT molecular complexity index is 972. The minimum atomic E-state index is 0.0698. The van der Waals surface area contributed by atoms with Crippen molar-refractivity contribution in [2.24, 2.45) is 10.7 Å². The molecule has 2 amide bonds. The van der Waals surface area contributed by atoms with Crippen molar-refractivity contribution in [3.8, 4) is 6.19 Å². The number of rotatable bonds is 3. The normalized spacial score (nSPS) is 16.2. The number of hydrogen-bond acceptors (Lipinski definition) is 5. The Morgan fingerprint density at radius 3 is 2.67 bits per heavy atom. The highest BCUT2D eigenvalue weighted by Gasteiger charge is 2.23. The fourth-order valence-corrected chi connectivity index (χ4v) is 3.66. The lowest BCUT2D eigenvalue weighted by molar-refractivity contribution is -0.139. The average Bonchev–Trinajstić information content (AvgIpc) is 3.48. The Hall–Kier alpha value is -3.61. The molecule has 2 saturated heterocycles. The van der Waals surface area contributed by atoms with Crippen LogP contribution in [0, 0.1) is 11.5 Å². The van der Waals surface area contributed by atoms with Crippen LogP contribution in [-0.4, -0.2) is 64.0 Å². The molecule has 2 aliphatic heterocycles. The predicted molar refractivity (Wildman–Crippen MR) is 128 cm³/mol. The first-order valence-corrected chi connectivity index (χ1v) is 11.5. The minimum Gasteiger partial charge on any atom is -0.369 e. The van der Waals surface area contributed by atoms with Gasteiger partial charge < -0.3 is 15.5 Å². The highest BCUT2D eigenvalue weighted by atomic mass is 16.2. The van der Waals surface area contributed by atoms with Gasteiger partial charge in [-0.2, -0.15) is 10.4 Å². The van der Waals surface area contributed by atoms with E-state index in [1.54, 1.807) is 23.4 Å². The zero-order valence-corrected chi connectivity index (χ0v) is 19.5. The third-order valence-electron chi connectivity index (χ3n) is 5.31. The van der Waals surface area contributed by atoms with Gasteiger partial charge in [-0.1, -0.05) is 20.3 Å². The standard InChI is InChI=1S/C12H20N2O2.C9H8N6.C2H6/c15-11-6-2-1-3-9-14(11)10-12(16)13-7-4-5-8-13;10-5-12-9(11)14-7-1-2-8-6(3-7)4-13-15-8;1-2/h1-10H2;1-4H,(H,13,15)(H3,11,12,14);1-2H3. The molecule has 10 heteroatoms. The average molecular weight is 455 g/mol. The molecular weight excluding hydrogens is 420 g/mol. The highest BCUT2D eigenvalue weighted by Crippen LogP contribution is 2.18. The number of carbonyl (C=O) groups excluding carboxylic acids is 2. The molecular formula is C23H34N8O2. The molecule has 2 aliphatic rings. The number of aliphatic imine (C=N–C) groups is 1. The number of aromatic amines is 1. The maximum absolute atomic E-state index is 11.9. The van der Waals surface area contributed by atoms with E-state index in [1.807, 2.05) is 30.9 Å². The van der Waals surface area contributed by atoms with Gasteiger partial charge in [-0.3, -0.25) is 20.0 Å². The van der Waals surface area contributed by atoms with Gasteiger partial charge in [0, 0.05) is 31.4 Å². The van der Waals surface area contributed by atoms with Crippen molar-refractivity contribution in [2.45, 2.75) is 52.4 Å². The van der Waals surface area contributed by atoms with Crippen molar-refractivity contribution in [1.29, 1.82) is 5.26 Å². The summed E-state index contributed by atoms with van der Waals surface area (Å²) in [5.74, 6) is 0.359. The van der Waals surface area contributed by atoms with Gasteiger partial charge in [0.05, 0.1) is 23.9 Å². The number of likely N-dealkylation sites (tertiary alicyclic amines) is 2. The summed E-state index contributed by atoms with van der Waals surface area (Å²) in [5.41, 5.74) is 7.03. The van der Waals surface area contributed by atoms with E-state index in [0.29, 0.717) is 18.7 Å². The molecule has 2 aromatic rings. The molecule has 0 atom stereocenters. The van der Waals surface area contributed by atoms with Crippen LogP contribution in [0.4, 0.5) is 5.69 Å². The fraction of sp³-hybridized carbons (Fsp3) is 0.522. The van der Waals surface area contributed by atoms with Crippen molar-refractivity contribution >= 4 is 34.4 Å². The molecule has 3 heterocycles.